The maximum absolute atomic E-state index is 13.5. The van der Waals surface area contributed by atoms with Gasteiger partial charge in [0, 0.05) is 45.2 Å². The molecule has 2 fully saturated rings. The number of hydrogen-bond donors (Lipinski definition) is 1. The van der Waals surface area contributed by atoms with Crippen LogP contribution in [0.15, 0.2) is 29.2 Å². The molecule has 1 aromatic carbocycles. The predicted octanol–water partition coefficient (Wildman–Crippen LogP) is 2.96. The fourth-order valence-corrected chi connectivity index (χ4v) is 5.99. The van der Waals surface area contributed by atoms with E-state index in [2.05, 4.69) is 19.2 Å². The summed E-state index contributed by atoms with van der Waals surface area (Å²) in [5.74, 6) is 0.413. The van der Waals surface area contributed by atoms with E-state index in [1.807, 2.05) is 17.0 Å². The van der Waals surface area contributed by atoms with Gasteiger partial charge in [-0.2, -0.15) is 4.31 Å². The number of benzene rings is 1. The smallest absolute Gasteiger partial charge is 0.243 e. The van der Waals surface area contributed by atoms with Crippen molar-refractivity contribution in [1.82, 2.24) is 14.5 Å². The highest BCUT2D eigenvalue weighted by Crippen LogP contribution is 2.29. The first-order valence-electron chi connectivity index (χ1n) is 11.0. The number of carbonyl (C=O) groups excluding carboxylic acids is 1. The van der Waals surface area contributed by atoms with Crippen LogP contribution in [-0.4, -0.2) is 62.3 Å². The minimum Gasteiger partial charge on any atom is -0.340 e. The molecule has 162 valence electrons. The van der Waals surface area contributed by atoms with Crippen LogP contribution in [0.1, 0.15) is 63.9 Å². The second kappa shape index (κ2) is 10.0. The van der Waals surface area contributed by atoms with Gasteiger partial charge < -0.3 is 10.2 Å². The summed E-state index contributed by atoms with van der Waals surface area (Å²) in [6.45, 7) is 7.47. The van der Waals surface area contributed by atoms with Gasteiger partial charge in [-0.15, -0.1) is 0 Å². The first-order valence-corrected chi connectivity index (χ1v) is 12.4. The van der Waals surface area contributed by atoms with E-state index in [4.69, 9.17) is 0 Å². The molecule has 1 saturated heterocycles. The second-order valence-corrected chi connectivity index (χ2v) is 10.4. The normalized spacial score (nSPS) is 19.1. The average molecular weight is 422 g/mol. The first kappa shape index (κ1) is 22.2. The molecule has 3 rings (SSSR count). The summed E-state index contributed by atoms with van der Waals surface area (Å²) < 4.78 is 28.6. The van der Waals surface area contributed by atoms with Gasteiger partial charge >= 0.3 is 0 Å². The van der Waals surface area contributed by atoms with Crippen molar-refractivity contribution in [2.75, 3.05) is 32.7 Å². The third-order valence-electron chi connectivity index (χ3n) is 6.15. The van der Waals surface area contributed by atoms with Crippen molar-refractivity contribution in [2.24, 2.45) is 0 Å². The van der Waals surface area contributed by atoms with Crippen molar-refractivity contribution in [3.05, 3.63) is 29.8 Å². The zero-order valence-electron chi connectivity index (χ0n) is 17.8. The molecule has 0 radical (unpaired) electrons. The van der Waals surface area contributed by atoms with Crippen LogP contribution in [0, 0.1) is 0 Å². The molecule has 1 aliphatic carbocycles. The van der Waals surface area contributed by atoms with Crippen LogP contribution in [0.2, 0.25) is 0 Å². The van der Waals surface area contributed by atoms with Gasteiger partial charge in [0.05, 0.1) is 4.90 Å². The lowest BCUT2D eigenvalue weighted by Gasteiger charge is -2.34. The quantitative estimate of drug-likeness (QED) is 0.735. The van der Waals surface area contributed by atoms with Crippen molar-refractivity contribution < 1.29 is 13.2 Å². The Morgan fingerprint density at radius 1 is 1.10 bits per heavy atom. The molecule has 29 heavy (non-hydrogen) atoms. The largest absolute Gasteiger partial charge is 0.340 e. The van der Waals surface area contributed by atoms with Crippen LogP contribution in [-0.2, 0) is 14.8 Å². The fourth-order valence-electron chi connectivity index (χ4n) is 4.31. The topological polar surface area (TPSA) is 69.7 Å². The van der Waals surface area contributed by atoms with Gasteiger partial charge in [-0.05, 0) is 36.5 Å². The highest BCUT2D eigenvalue weighted by atomic mass is 32.2. The summed E-state index contributed by atoms with van der Waals surface area (Å²) >= 11 is 0. The molecule has 6 nitrogen and oxygen atoms in total. The number of amides is 1. The number of nitrogens with one attached hydrogen (secondary N) is 1. The van der Waals surface area contributed by atoms with E-state index >= 15 is 0 Å². The van der Waals surface area contributed by atoms with Crippen molar-refractivity contribution in [3.63, 3.8) is 0 Å². The molecule has 1 heterocycles. The predicted molar refractivity (Wildman–Crippen MR) is 115 cm³/mol. The Balaban J connectivity index is 1.77. The molecule has 1 N–H and O–H groups in total. The zero-order chi connectivity index (χ0) is 20.9. The summed E-state index contributed by atoms with van der Waals surface area (Å²) in [7, 11) is -3.62. The van der Waals surface area contributed by atoms with E-state index in [1.165, 1.54) is 0 Å². The molecule has 2 aliphatic rings. The summed E-state index contributed by atoms with van der Waals surface area (Å²) in [5, 5.41) is 3.24. The molecule has 1 saturated carbocycles. The third kappa shape index (κ3) is 5.58. The van der Waals surface area contributed by atoms with Gasteiger partial charge in [0.2, 0.25) is 15.9 Å². The Labute approximate surface area is 175 Å². The fraction of sp³-hybridized carbons (Fsp3) is 0.682. The van der Waals surface area contributed by atoms with Gasteiger partial charge in [-0.1, -0.05) is 45.2 Å². The highest BCUT2D eigenvalue weighted by Gasteiger charge is 2.33. The lowest BCUT2D eigenvalue weighted by molar-refractivity contribution is -0.131. The molecule has 0 aromatic heterocycles. The lowest BCUT2D eigenvalue weighted by Crippen LogP contribution is -2.48. The molecule has 0 atom stereocenters. The summed E-state index contributed by atoms with van der Waals surface area (Å²) in [5.41, 5.74) is 1.13. The van der Waals surface area contributed by atoms with Gasteiger partial charge in [-0.3, -0.25) is 4.79 Å². The number of nitrogens with zero attached hydrogens (tertiary/aromatic N) is 2. The van der Waals surface area contributed by atoms with Crippen molar-refractivity contribution in [3.8, 4) is 0 Å². The highest BCUT2D eigenvalue weighted by molar-refractivity contribution is 7.89. The number of rotatable bonds is 7. The van der Waals surface area contributed by atoms with Gasteiger partial charge in [0.25, 0.3) is 0 Å². The van der Waals surface area contributed by atoms with E-state index in [1.54, 1.807) is 16.4 Å². The van der Waals surface area contributed by atoms with E-state index < -0.39 is 10.0 Å². The monoisotopic (exact) mass is 421 g/mol. The van der Waals surface area contributed by atoms with Crippen LogP contribution >= 0.6 is 0 Å². The Morgan fingerprint density at radius 3 is 2.31 bits per heavy atom. The number of hydrogen-bond acceptors (Lipinski definition) is 4. The van der Waals surface area contributed by atoms with Crippen LogP contribution < -0.4 is 5.32 Å². The van der Waals surface area contributed by atoms with Crippen molar-refractivity contribution in [2.45, 2.75) is 69.2 Å². The van der Waals surface area contributed by atoms with E-state index in [-0.39, 0.29) is 24.9 Å². The average Bonchev–Trinajstić information content (AvgIpc) is 2.75. The zero-order valence-corrected chi connectivity index (χ0v) is 18.6. The number of carbonyl (C=O) groups is 1. The Hall–Kier alpha value is -1.44. The van der Waals surface area contributed by atoms with Crippen molar-refractivity contribution >= 4 is 15.9 Å². The number of piperazine rings is 1. The van der Waals surface area contributed by atoms with Crippen molar-refractivity contribution in [1.29, 1.82) is 0 Å². The minimum atomic E-state index is -3.62. The summed E-state index contributed by atoms with van der Waals surface area (Å²) in [4.78, 5) is 14.8. The lowest BCUT2D eigenvalue weighted by atomic mass is 9.95. The minimum absolute atomic E-state index is 0.00523. The maximum atomic E-state index is 13.5. The maximum Gasteiger partial charge on any atom is 0.243 e. The van der Waals surface area contributed by atoms with Gasteiger partial charge in [0.1, 0.15) is 0 Å². The molecular formula is C22H35N3O3S. The molecule has 0 unspecified atom stereocenters. The van der Waals surface area contributed by atoms with Gasteiger partial charge in [-0.25, -0.2) is 8.42 Å². The van der Waals surface area contributed by atoms with Crippen LogP contribution in [0.4, 0.5) is 0 Å². The Morgan fingerprint density at radius 2 is 1.72 bits per heavy atom. The van der Waals surface area contributed by atoms with Gasteiger partial charge in [0.15, 0.2) is 0 Å². The molecule has 7 heteroatoms. The van der Waals surface area contributed by atoms with E-state index in [0.29, 0.717) is 23.9 Å². The molecule has 1 aromatic rings. The standard InChI is InChI=1S/C22H35N3O3S/c1-18(2)19-8-10-21(11-9-19)29(27,28)25(20-6-4-3-5-7-20)15-12-22(26)24-16-13-23-14-17-24/h8-11,18,20,23H,3-7,12-17H2,1-2H3. The third-order valence-corrected chi connectivity index (χ3v) is 8.12. The Kier molecular flexibility index (Phi) is 7.71. The second-order valence-electron chi connectivity index (χ2n) is 8.51. The SMILES string of the molecule is CC(C)c1ccc(S(=O)(=O)N(CCC(=O)N2CCNCC2)C2CCCCC2)cc1. The summed E-state index contributed by atoms with van der Waals surface area (Å²) in [6, 6.07) is 7.25. The van der Waals surface area contributed by atoms with Crippen LogP contribution in [0.5, 0.6) is 0 Å². The van der Waals surface area contributed by atoms with E-state index in [0.717, 1.165) is 50.8 Å². The Bertz CT molecular complexity index is 765. The summed E-state index contributed by atoms with van der Waals surface area (Å²) in [6.07, 6.45) is 5.27. The molecule has 0 bridgehead atoms. The molecule has 1 aliphatic heterocycles. The first-order chi connectivity index (χ1) is 13.9. The van der Waals surface area contributed by atoms with E-state index in [9.17, 15) is 13.2 Å². The molecule has 0 spiro atoms. The van der Waals surface area contributed by atoms with Crippen LogP contribution in [0.3, 0.4) is 0 Å². The molecular weight excluding hydrogens is 386 g/mol. The number of sulfonamides is 1. The molecule has 1 amide bonds. The van der Waals surface area contributed by atoms with Crippen LogP contribution in [0.25, 0.3) is 0 Å².